The van der Waals surface area contributed by atoms with Crippen LogP contribution in [0.2, 0.25) is 5.02 Å². The van der Waals surface area contributed by atoms with Crippen LogP contribution in [0.15, 0.2) is 70.9 Å². The largest absolute Gasteiger partial charge is 0.492 e. The Morgan fingerprint density at radius 2 is 2.04 bits per heavy atom. The molecule has 13 heteroatoms. The minimum Gasteiger partial charge on any atom is -0.492 e. The molecular weight excluding hydrogens is 627 g/mol. The van der Waals surface area contributed by atoms with E-state index in [9.17, 15) is 23.1 Å². The molecule has 238 valence electrons. The predicted molar refractivity (Wildman–Crippen MR) is 170 cm³/mol. The van der Waals surface area contributed by atoms with Gasteiger partial charge in [0.15, 0.2) is 6.23 Å². The molecule has 5 rings (SSSR count). The van der Waals surface area contributed by atoms with Gasteiger partial charge in [0.25, 0.3) is 5.91 Å². The van der Waals surface area contributed by atoms with Gasteiger partial charge in [-0.1, -0.05) is 17.2 Å². The van der Waals surface area contributed by atoms with Crippen LogP contribution < -0.4 is 15.0 Å². The average molecular weight is 660 g/mol. The molecule has 4 heterocycles. The number of nitrogens with zero attached hydrogens (tertiary/aromatic N) is 4. The Bertz CT molecular complexity index is 1660. The number of nitrogens with one attached hydrogen (secondary N) is 1. The third kappa shape index (κ3) is 7.09. The van der Waals surface area contributed by atoms with Crippen LogP contribution in [-0.2, 0) is 11.0 Å². The maximum absolute atomic E-state index is 14.3. The minimum atomic E-state index is -4.56. The first-order valence-electron chi connectivity index (χ1n) is 14.4. The highest BCUT2D eigenvalue weighted by atomic mass is 35.5. The number of hydrogen-bond acceptors (Lipinski definition) is 8. The fourth-order valence-electron chi connectivity index (χ4n) is 5.23. The van der Waals surface area contributed by atoms with E-state index in [4.69, 9.17) is 16.3 Å². The highest BCUT2D eigenvalue weighted by molar-refractivity contribution is 7.11. The first-order chi connectivity index (χ1) is 21.4. The van der Waals surface area contributed by atoms with Crippen molar-refractivity contribution < 1.29 is 27.8 Å². The number of pyridine rings is 1. The molecular formula is C32H33ClF3N5O3S. The highest BCUT2D eigenvalue weighted by Gasteiger charge is 2.37. The number of aliphatic hydroxyl groups excluding tert-OH is 1. The Balaban J connectivity index is 1.67. The zero-order chi connectivity index (χ0) is 32.5. The summed E-state index contributed by atoms with van der Waals surface area (Å²) in [7, 11) is 0. The van der Waals surface area contributed by atoms with Crippen LogP contribution in [0.3, 0.4) is 0 Å². The van der Waals surface area contributed by atoms with Crippen LogP contribution in [0.4, 0.5) is 18.9 Å². The van der Waals surface area contributed by atoms with Crippen LogP contribution in [-0.4, -0.2) is 64.4 Å². The van der Waals surface area contributed by atoms with Crippen molar-refractivity contribution in [3.63, 3.8) is 0 Å². The molecule has 0 bridgehead atoms. The second-order valence-electron chi connectivity index (χ2n) is 11.0. The number of hydrogen-bond donors (Lipinski definition) is 2. The number of ether oxygens (including phenoxy) is 1. The molecule has 2 aliphatic rings. The number of carbonyl (C=O) groups excluding carboxylic acids is 1. The summed E-state index contributed by atoms with van der Waals surface area (Å²) in [5, 5.41) is 17.9. The lowest BCUT2D eigenvalue weighted by Gasteiger charge is -2.39. The molecule has 2 aromatic heterocycles. The second-order valence-corrected chi connectivity index (χ2v) is 12.3. The lowest BCUT2D eigenvalue weighted by molar-refractivity contribution is -0.141. The maximum atomic E-state index is 14.3. The van der Waals surface area contributed by atoms with Gasteiger partial charge in [-0.15, -0.1) is 11.3 Å². The molecule has 1 saturated heterocycles. The van der Waals surface area contributed by atoms with Crippen molar-refractivity contribution in [3.8, 4) is 17.0 Å². The van der Waals surface area contributed by atoms with Gasteiger partial charge in [-0.25, -0.2) is 4.98 Å². The minimum absolute atomic E-state index is 0.0975. The third-order valence-corrected chi connectivity index (χ3v) is 8.38. The van der Waals surface area contributed by atoms with E-state index in [-0.39, 0.29) is 11.9 Å². The van der Waals surface area contributed by atoms with Crippen molar-refractivity contribution in [1.29, 1.82) is 0 Å². The number of thiazole rings is 1. The molecule has 8 nitrogen and oxygen atoms in total. The average Bonchev–Trinajstić information content (AvgIpc) is 3.48. The van der Waals surface area contributed by atoms with Crippen molar-refractivity contribution in [2.75, 3.05) is 31.1 Å². The monoisotopic (exact) mass is 659 g/mol. The Labute approximate surface area is 268 Å². The van der Waals surface area contributed by atoms with E-state index in [0.29, 0.717) is 75.8 Å². The van der Waals surface area contributed by atoms with Crippen LogP contribution >= 0.6 is 22.9 Å². The number of allylic oxidation sites excluding steroid dienone is 2. The SMILES string of the molecule is CCOc1ccc(Cl)cc1N1C(C=C(C)C)=C(C(=O)N2CCN[C@H](C)C2)C=C(c2nc(-c3ccc(C(F)(F)F)nc3)cs2)C1O. The molecule has 0 spiro atoms. The predicted octanol–water partition coefficient (Wildman–Crippen LogP) is 6.54. The number of halogens is 4. The molecule has 1 unspecified atom stereocenters. The molecule has 1 aromatic carbocycles. The third-order valence-electron chi connectivity index (χ3n) is 7.25. The zero-order valence-electron chi connectivity index (χ0n) is 25.2. The normalized spacial score (nSPS) is 19.0. The van der Waals surface area contributed by atoms with Gasteiger partial charge in [0.1, 0.15) is 16.5 Å². The Morgan fingerprint density at radius 1 is 1.27 bits per heavy atom. The molecule has 0 aliphatic carbocycles. The van der Waals surface area contributed by atoms with E-state index >= 15 is 0 Å². The van der Waals surface area contributed by atoms with Gasteiger partial charge in [0.05, 0.1) is 29.3 Å². The molecule has 2 aliphatic heterocycles. The summed E-state index contributed by atoms with van der Waals surface area (Å²) in [6, 6.07) is 7.38. The fraction of sp³-hybridized carbons (Fsp3) is 0.344. The van der Waals surface area contributed by atoms with Gasteiger partial charge in [0, 0.05) is 53.4 Å². The van der Waals surface area contributed by atoms with Crippen LogP contribution in [0.25, 0.3) is 16.8 Å². The van der Waals surface area contributed by atoms with Crippen LogP contribution in [0.1, 0.15) is 38.4 Å². The topological polar surface area (TPSA) is 90.8 Å². The Morgan fingerprint density at radius 3 is 2.69 bits per heavy atom. The number of rotatable bonds is 7. The number of aliphatic hydroxyl groups is 1. The first-order valence-corrected chi connectivity index (χ1v) is 15.7. The number of aromatic nitrogens is 2. The summed E-state index contributed by atoms with van der Waals surface area (Å²) in [5.41, 5.74) is 2.27. The number of alkyl halides is 3. The first kappa shape index (κ1) is 32.7. The lowest BCUT2D eigenvalue weighted by Crippen LogP contribution is -2.52. The fourth-order valence-corrected chi connectivity index (χ4v) is 6.26. The number of piperazine rings is 1. The van der Waals surface area contributed by atoms with Crippen molar-refractivity contribution in [2.24, 2.45) is 0 Å². The summed E-state index contributed by atoms with van der Waals surface area (Å²) < 4.78 is 45.2. The van der Waals surface area contributed by atoms with E-state index in [1.54, 1.807) is 39.5 Å². The van der Waals surface area contributed by atoms with Crippen LogP contribution in [0.5, 0.6) is 5.75 Å². The quantitative estimate of drug-likeness (QED) is 0.298. The number of carbonyl (C=O) groups is 1. The molecule has 2 N–H and O–H groups in total. The zero-order valence-corrected chi connectivity index (χ0v) is 26.7. The van der Waals surface area contributed by atoms with Gasteiger partial charge in [-0.2, -0.15) is 13.2 Å². The molecule has 3 aromatic rings. The summed E-state index contributed by atoms with van der Waals surface area (Å²) in [4.78, 5) is 25.9. The van der Waals surface area contributed by atoms with E-state index in [1.165, 1.54) is 17.4 Å². The summed E-state index contributed by atoms with van der Waals surface area (Å²) in [5.74, 6) is 0.245. The molecule has 1 fully saturated rings. The number of anilines is 1. The highest BCUT2D eigenvalue weighted by Crippen LogP contribution is 2.43. The van der Waals surface area contributed by atoms with Gasteiger partial charge in [-0.05, 0) is 70.2 Å². The van der Waals surface area contributed by atoms with Crippen LogP contribution in [0, 0.1) is 0 Å². The molecule has 45 heavy (non-hydrogen) atoms. The van der Waals surface area contributed by atoms with E-state index in [2.05, 4.69) is 15.3 Å². The molecule has 2 atom stereocenters. The lowest BCUT2D eigenvalue weighted by atomic mass is 9.97. The van der Waals surface area contributed by atoms with E-state index in [1.807, 2.05) is 33.8 Å². The smallest absolute Gasteiger partial charge is 0.433 e. The van der Waals surface area contributed by atoms with Crippen molar-refractivity contribution in [2.45, 2.75) is 46.1 Å². The standard InChI is InChI=1S/C32H33ClF3N5O3S/c1-5-44-27-8-7-21(33)13-26(27)41-25(12-18(2)3)22(30(42)40-11-10-37-19(4)16-40)14-23(31(41)43)29-39-24(17-45-29)20-6-9-28(38-15-20)32(34,35)36/h6-9,12-15,17,19,31,37,43H,5,10-11,16H2,1-4H3/t19-,31?/m1/s1. The van der Waals surface area contributed by atoms with Gasteiger partial charge >= 0.3 is 6.18 Å². The molecule has 0 radical (unpaired) electrons. The molecule has 1 amide bonds. The summed E-state index contributed by atoms with van der Waals surface area (Å²) >= 11 is 7.66. The summed E-state index contributed by atoms with van der Waals surface area (Å²) in [6.45, 7) is 9.65. The maximum Gasteiger partial charge on any atom is 0.433 e. The summed E-state index contributed by atoms with van der Waals surface area (Å²) in [6.07, 6.45) is -1.27. The Hall–Kier alpha value is -3.71. The van der Waals surface area contributed by atoms with E-state index in [0.717, 1.165) is 17.8 Å². The van der Waals surface area contributed by atoms with Gasteiger partial charge in [0.2, 0.25) is 0 Å². The second kappa shape index (κ2) is 13.3. The van der Waals surface area contributed by atoms with Crippen molar-refractivity contribution in [3.05, 3.63) is 86.6 Å². The molecule has 0 saturated carbocycles. The van der Waals surface area contributed by atoms with Gasteiger partial charge < -0.3 is 25.0 Å². The Kier molecular flexibility index (Phi) is 9.68. The van der Waals surface area contributed by atoms with E-state index < -0.39 is 18.1 Å². The number of amides is 1. The number of benzene rings is 1. The van der Waals surface area contributed by atoms with Crippen molar-refractivity contribution in [1.82, 2.24) is 20.2 Å². The van der Waals surface area contributed by atoms with Crippen molar-refractivity contribution >= 4 is 40.1 Å². The van der Waals surface area contributed by atoms with Gasteiger partial charge in [-0.3, -0.25) is 9.78 Å².